The molecule has 0 saturated heterocycles. The van der Waals surface area contributed by atoms with Crippen LogP contribution in [-0.4, -0.2) is 12.9 Å². The maximum absolute atomic E-state index is 12.9. The Morgan fingerprint density at radius 3 is 2.34 bits per heavy atom. The molecular formula is C24H23F3N4O. The Bertz CT molecular complexity index is 1070. The molecule has 0 bridgehead atoms. The molecule has 4 N–H and O–H groups in total. The monoisotopic (exact) mass is 440 g/mol. The summed E-state index contributed by atoms with van der Waals surface area (Å²) in [6.45, 7) is 0.175. The quantitative estimate of drug-likeness (QED) is 0.279. The van der Waals surface area contributed by atoms with Crippen LogP contribution in [0.15, 0.2) is 90.8 Å². The van der Waals surface area contributed by atoms with Crippen molar-refractivity contribution in [1.82, 2.24) is 5.43 Å². The maximum Gasteiger partial charge on any atom is 0.416 e. The molecular weight excluding hydrogens is 417 g/mol. The van der Waals surface area contributed by atoms with Crippen LogP contribution in [0.3, 0.4) is 0 Å². The molecule has 1 atom stereocenters. The number of alkyl halides is 3. The van der Waals surface area contributed by atoms with E-state index in [0.29, 0.717) is 11.4 Å². The lowest BCUT2D eigenvalue weighted by Gasteiger charge is -2.27. The van der Waals surface area contributed by atoms with E-state index in [4.69, 9.17) is 10.6 Å². The zero-order valence-electron chi connectivity index (χ0n) is 17.1. The number of halogens is 3. The summed E-state index contributed by atoms with van der Waals surface area (Å²) in [5.41, 5.74) is 6.43. The summed E-state index contributed by atoms with van der Waals surface area (Å²) in [6, 6.07) is 23.1. The van der Waals surface area contributed by atoms with Gasteiger partial charge in [0.25, 0.3) is 0 Å². The minimum Gasteiger partial charge on any atom is -0.478 e. The minimum absolute atomic E-state index is 0.175. The minimum atomic E-state index is -4.38. The van der Waals surface area contributed by atoms with Crippen molar-refractivity contribution in [3.63, 3.8) is 0 Å². The first-order valence-corrected chi connectivity index (χ1v) is 10.1. The molecule has 1 heterocycles. The number of ether oxygens (including phenoxy) is 1. The Morgan fingerprint density at radius 2 is 1.66 bits per heavy atom. The molecule has 1 aliphatic heterocycles. The standard InChI is InChI=1S/C24H23F3N4O/c25-24(26,27)19-9-11-21(12-10-19)31-16-32-15-22(31)23(30-28)29-20-8-4-7-18(14-20)13-17-5-2-1-3-6-17/h1-12,14-15,23,29-30H,13,16,28H2. The van der Waals surface area contributed by atoms with Crippen LogP contribution >= 0.6 is 0 Å². The fourth-order valence-electron chi connectivity index (χ4n) is 3.58. The third kappa shape index (κ3) is 5.04. The van der Waals surface area contributed by atoms with Gasteiger partial charge in [-0.2, -0.15) is 13.2 Å². The first-order chi connectivity index (χ1) is 15.4. The third-order valence-corrected chi connectivity index (χ3v) is 5.18. The number of hydrogen-bond donors (Lipinski definition) is 3. The van der Waals surface area contributed by atoms with Gasteiger partial charge in [-0.1, -0.05) is 42.5 Å². The molecule has 4 rings (SSSR count). The number of hydrogen-bond acceptors (Lipinski definition) is 5. The molecule has 0 spiro atoms. The van der Waals surface area contributed by atoms with Gasteiger partial charge in [-0.3, -0.25) is 5.84 Å². The van der Waals surface area contributed by atoms with Crippen LogP contribution in [0.1, 0.15) is 16.7 Å². The zero-order valence-corrected chi connectivity index (χ0v) is 17.1. The number of nitrogens with two attached hydrogens (primary N) is 1. The molecule has 32 heavy (non-hydrogen) atoms. The molecule has 0 radical (unpaired) electrons. The Hall–Kier alpha value is -3.49. The van der Waals surface area contributed by atoms with Gasteiger partial charge < -0.3 is 15.0 Å². The first kappa shape index (κ1) is 21.7. The molecule has 3 aromatic carbocycles. The Morgan fingerprint density at radius 1 is 0.938 bits per heavy atom. The summed E-state index contributed by atoms with van der Waals surface area (Å²) in [7, 11) is 0. The van der Waals surface area contributed by atoms with Crippen molar-refractivity contribution in [2.75, 3.05) is 16.9 Å². The predicted octanol–water partition coefficient (Wildman–Crippen LogP) is 4.83. The highest BCUT2D eigenvalue weighted by atomic mass is 19.4. The number of nitrogens with one attached hydrogen (secondary N) is 2. The first-order valence-electron chi connectivity index (χ1n) is 10.1. The molecule has 0 aliphatic carbocycles. The summed E-state index contributed by atoms with van der Waals surface area (Å²) < 4.78 is 44.1. The van der Waals surface area contributed by atoms with E-state index in [1.807, 2.05) is 36.4 Å². The molecule has 0 fully saturated rings. The van der Waals surface area contributed by atoms with Crippen molar-refractivity contribution < 1.29 is 17.9 Å². The van der Waals surface area contributed by atoms with E-state index in [-0.39, 0.29) is 6.73 Å². The molecule has 1 unspecified atom stereocenters. The number of hydrazine groups is 1. The van der Waals surface area contributed by atoms with Crippen molar-refractivity contribution in [2.24, 2.45) is 5.84 Å². The van der Waals surface area contributed by atoms with Gasteiger partial charge in [-0.05, 0) is 53.9 Å². The summed E-state index contributed by atoms with van der Waals surface area (Å²) in [5.74, 6) is 5.80. The van der Waals surface area contributed by atoms with E-state index < -0.39 is 17.9 Å². The number of nitrogens with zero attached hydrogens (tertiary/aromatic N) is 1. The number of rotatable bonds is 7. The lowest BCUT2D eigenvalue weighted by Crippen LogP contribution is -2.46. The average Bonchev–Trinajstić information content (AvgIpc) is 3.28. The van der Waals surface area contributed by atoms with E-state index in [1.165, 1.54) is 17.7 Å². The van der Waals surface area contributed by atoms with Crippen LogP contribution in [0.2, 0.25) is 0 Å². The van der Waals surface area contributed by atoms with Crippen molar-refractivity contribution in [3.05, 3.63) is 108 Å². The molecule has 0 saturated carbocycles. The van der Waals surface area contributed by atoms with E-state index >= 15 is 0 Å². The second-order valence-electron chi connectivity index (χ2n) is 7.42. The highest BCUT2D eigenvalue weighted by Crippen LogP contribution is 2.32. The van der Waals surface area contributed by atoms with Gasteiger partial charge in [0.1, 0.15) is 12.4 Å². The van der Waals surface area contributed by atoms with Crippen LogP contribution in [0, 0.1) is 0 Å². The predicted molar refractivity (Wildman–Crippen MR) is 118 cm³/mol. The second kappa shape index (κ2) is 9.33. The summed E-state index contributed by atoms with van der Waals surface area (Å²) in [6.07, 6.45) is -2.57. The zero-order chi connectivity index (χ0) is 22.6. The second-order valence-corrected chi connectivity index (χ2v) is 7.42. The molecule has 0 amide bonds. The summed E-state index contributed by atoms with van der Waals surface area (Å²) in [5, 5.41) is 3.33. The van der Waals surface area contributed by atoms with Crippen LogP contribution < -0.4 is 21.5 Å². The Balaban J connectivity index is 1.49. The van der Waals surface area contributed by atoms with Crippen molar-refractivity contribution in [2.45, 2.75) is 18.8 Å². The molecule has 0 aromatic heterocycles. The van der Waals surface area contributed by atoms with E-state index in [2.05, 4.69) is 28.9 Å². The lowest BCUT2D eigenvalue weighted by molar-refractivity contribution is -0.137. The van der Waals surface area contributed by atoms with Crippen molar-refractivity contribution in [3.8, 4) is 0 Å². The smallest absolute Gasteiger partial charge is 0.416 e. The number of anilines is 2. The Kier molecular flexibility index (Phi) is 6.34. The van der Waals surface area contributed by atoms with Gasteiger partial charge in [-0.15, -0.1) is 0 Å². The van der Waals surface area contributed by atoms with Gasteiger partial charge >= 0.3 is 6.18 Å². The fraction of sp³-hybridized carbons (Fsp3) is 0.167. The van der Waals surface area contributed by atoms with E-state index in [9.17, 15) is 13.2 Å². The van der Waals surface area contributed by atoms with Crippen molar-refractivity contribution in [1.29, 1.82) is 0 Å². The highest BCUT2D eigenvalue weighted by Gasteiger charge is 2.31. The normalized spacial score (nSPS) is 14.6. The number of benzene rings is 3. The van der Waals surface area contributed by atoms with Gasteiger partial charge in [-0.25, -0.2) is 5.43 Å². The highest BCUT2D eigenvalue weighted by molar-refractivity contribution is 5.57. The van der Waals surface area contributed by atoms with Crippen molar-refractivity contribution >= 4 is 11.4 Å². The molecule has 1 aliphatic rings. The SMILES string of the molecule is NNC(Nc1cccc(Cc2ccccc2)c1)C1=COCN1c1ccc(C(F)(F)F)cc1. The van der Waals surface area contributed by atoms with Crippen LogP contribution in [0.25, 0.3) is 0 Å². The van der Waals surface area contributed by atoms with Gasteiger partial charge in [0.05, 0.1) is 11.3 Å². The molecule has 166 valence electrons. The van der Waals surface area contributed by atoms with Gasteiger partial charge in [0.2, 0.25) is 0 Å². The van der Waals surface area contributed by atoms with Crippen LogP contribution in [0.5, 0.6) is 0 Å². The van der Waals surface area contributed by atoms with Crippen LogP contribution in [-0.2, 0) is 17.3 Å². The largest absolute Gasteiger partial charge is 0.478 e. The van der Waals surface area contributed by atoms with E-state index in [1.54, 1.807) is 11.2 Å². The van der Waals surface area contributed by atoms with Gasteiger partial charge in [0, 0.05) is 11.4 Å². The fourth-order valence-corrected chi connectivity index (χ4v) is 3.58. The topological polar surface area (TPSA) is 62.6 Å². The molecule has 5 nitrogen and oxygen atoms in total. The van der Waals surface area contributed by atoms with Gasteiger partial charge in [0.15, 0.2) is 6.73 Å². The maximum atomic E-state index is 12.9. The summed E-state index contributed by atoms with van der Waals surface area (Å²) in [4.78, 5) is 1.76. The average molecular weight is 440 g/mol. The Labute approximate surface area is 184 Å². The third-order valence-electron chi connectivity index (χ3n) is 5.18. The molecule has 3 aromatic rings. The molecule has 8 heteroatoms. The summed E-state index contributed by atoms with van der Waals surface area (Å²) >= 11 is 0. The van der Waals surface area contributed by atoms with E-state index in [0.717, 1.165) is 29.8 Å². The van der Waals surface area contributed by atoms with Crippen LogP contribution in [0.4, 0.5) is 24.5 Å². The lowest BCUT2D eigenvalue weighted by atomic mass is 10.0.